The van der Waals surface area contributed by atoms with E-state index in [1.54, 1.807) is 11.0 Å². The molecule has 3 aliphatic heterocycles. The predicted molar refractivity (Wildman–Crippen MR) is 90.7 cm³/mol. The summed E-state index contributed by atoms with van der Waals surface area (Å²) in [6.07, 6.45) is 3.21. The van der Waals surface area contributed by atoms with Gasteiger partial charge in [-0.05, 0) is 16.3 Å². The van der Waals surface area contributed by atoms with E-state index >= 15 is 0 Å². The normalized spacial score (nSPS) is 32.6. The zero-order valence-electron chi connectivity index (χ0n) is 13.5. The van der Waals surface area contributed by atoms with Gasteiger partial charge in [-0.25, -0.2) is 0 Å². The Bertz CT molecular complexity index is 931. The largest absolute Gasteiger partial charge is 0.481 e. The molecule has 126 valence electrons. The molecule has 2 saturated heterocycles. The molecule has 4 atom stereocenters. The number of ether oxygens (including phenoxy) is 1. The number of carboxylic acid groups (broad SMARTS) is 1. The number of nitrogens with zero attached hydrogens (tertiary/aromatic N) is 1. The Hall–Kier alpha value is -2.66. The first kappa shape index (κ1) is 14.7. The highest BCUT2D eigenvalue weighted by molar-refractivity contribution is 5.91. The Labute approximate surface area is 144 Å². The van der Waals surface area contributed by atoms with E-state index in [2.05, 4.69) is 0 Å². The first-order chi connectivity index (χ1) is 12.1. The minimum atomic E-state index is -0.957. The Balaban J connectivity index is 1.50. The highest BCUT2D eigenvalue weighted by atomic mass is 16.5. The van der Waals surface area contributed by atoms with Crippen molar-refractivity contribution in [1.82, 2.24) is 4.90 Å². The highest BCUT2D eigenvalue weighted by Crippen LogP contribution is 2.52. The molecule has 0 radical (unpaired) electrons. The van der Waals surface area contributed by atoms with Crippen LogP contribution in [0.3, 0.4) is 0 Å². The van der Waals surface area contributed by atoms with Crippen LogP contribution < -0.4 is 0 Å². The van der Waals surface area contributed by atoms with Gasteiger partial charge in [0.05, 0.1) is 18.6 Å². The van der Waals surface area contributed by atoms with Crippen molar-refractivity contribution in [3.8, 4) is 0 Å². The van der Waals surface area contributed by atoms with E-state index < -0.39 is 29.5 Å². The van der Waals surface area contributed by atoms with E-state index in [-0.39, 0.29) is 5.91 Å². The summed E-state index contributed by atoms with van der Waals surface area (Å²) in [5.41, 5.74) is 0.295. The van der Waals surface area contributed by atoms with Crippen molar-refractivity contribution < 1.29 is 19.4 Å². The number of carboxylic acids is 1. The average Bonchev–Trinajstić information content (AvgIpc) is 3.24. The van der Waals surface area contributed by atoms with Crippen LogP contribution in [0.2, 0.25) is 0 Å². The van der Waals surface area contributed by atoms with Crippen molar-refractivity contribution in [1.29, 1.82) is 0 Å². The van der Waals surface area contributed by atoms with Crippen molar-refractivity contribution in [2.24, 2.45) is 11.8 Å². The summed E-state index contributed by atoms with van der Waals surface area (Å²) in [5, 5.41) is 11.8. The van der Waals surface area contributed by atoms with Crippen molar-refractivity contribution in [3.05, 3.63) is 60.2 Å². The Morgan fingerprint density at radius 1 is 1.24 bits per heavy atom. The molecule has 5 rings (SSSR count). The molecule has 25 heavy (non-hydrogen) atoms. The maximum atomic E-state index is 13.0. The Morgan fingerprint density at radius 2 is 2.04 bits per heavy atom. The molecule has 0 aliphatic carbocycles. The molecule has 0 saturated carbocycles. The van der Waals surface area contributed by atoms with E-state index in [0.29, 0.717) is 13.1 Å². The molecule has 0 aromatic heterocycles. The second-order valence-electron chi connectivity index (χ2n) is 7.07. The number of aliphatic carboxylic acids is 1. The summed E-state index contributed by atoms with van der Waals surface area (Å²) < 4.78 is 5.93. The number of hydrogen-bond donors (Lipinski definition) is 1. The van der Waals surface area contributed by atoms with Crippen LogP contribution in [0.5, 0.6) is 0 Å². The lowest BCUT2D eigenvalue weighted by atomic mass is 9.77. The zero-order valence-corrected chi connectivity index (χ0v) is 13.5. The number of amides is 1. The van der Waals surface area contributed by atoms with E-state index in [4.69, 9.17) is 4.74 Å². The lowest BCUT2D eigenvalue weighted by Crippen LogP contribution is -2.39. The lowest BCUT2D eigenvalue weighted by Gasteiger charge is -2.22. The number of carbonyl (C=O) groups is 2. The van der Waals surface area contributed by atoms with E-state index in [0.717, 1.165) is 16.3 Å². The number of fused-ring (bicyclic) bond motifs is 2. The molecule has 1 spiro atoms. The topological polar surface area (TPSA) is 66.8 Å². The molecule has 2 aromatic rings. The Morgan fingerprint density at radius 3 is 2.88 bits per heavy atom. The quantitative estimate of drug-likeness (QED) is 0.874. The van der Waals surface area contributed by atoms with Gasteiger partial charge in [0, 0.05) is 6.54 Å². The van der Waals surface area contributed by atoms with Gasteiger partial charge in [0.2, 0.25) is 5.91 Å². The van der Waals surface area contributed by atoms with Gasteiger partial charge in [-0.1, -0.05) is 54.6 Å². The van der Waals surface area contributed by atoms with Crippen molar-refractivity contribution in [3.63, 3.8) is 0 Å². The molecule has 3 aliphatic rings. The number of rotatable bonds is 3. The monoisotopic (exact) mass is 335 g/mol. The van der Waals surface area contributed by atoms with Crippen molar-refractivity contribution in [2.45, 2.75) is 18.2 Å². The first-order valence-electron chi connectivity index (χ1n) is 8.44. The average molecular weight is 335 g/mol. The molecular formula is C20H17NO4. The van der Waals surface area contributed by atoms with E-state index in [1.807, 2.05) is 48.5 Å². The second kappa shape index (κ2) is 4.92. The highest BCUT2D eigenvalue weighted by Gasteiger charge is 2.66. The number of likely N-dealkylation sites (tertiary alicyclic amines) is 1. The number of carbonyl (C=O) groups excluding carboxylic acids is 1. The summed E-state index contributed by atoms with van der Waals surface area (Å²) in [4.78, 5) is 26.4. The zero-order chi connectivity index (χ0) is 17.2. The third-order valence-corrected chi connectivity index (χ3v) is 5.71. The molecule has 1 N–H and O–H groups in total. The molecule has 0 unspecified atom stereocenters. The standard InChI is InChI=1S/C20H17NO4/c22-18-17-16(19(23)24)15-8-9-20(17,25-15)11-21(18)10-13-6-3-5-12-4-1-2-7-14(12)13/h1-9,15-17H,10-11H2,(H,23,24)/t15-,16+,17+,20-/m0/s1. The Kier molecular flexibility index (Phi) is 2.89. The van der Waals surface area contributed by atoms with Crippen LogP contribution in [0.1, 0.15) is 5.56 Å². The van der Waals surface area contributed by atoms with Gasteiger partial charge in [0.1, 0.15) is 11.5 Å². The van der Waals surface area contributed by atoms with Crippen LogP contribution in [0.4, 0.5) is 0 Å². The van der Waals surface area contributed by atoms with Gasteiger partial charge >= 0.3 is 5.97 Å². The van der Waals surface area contributed by atoms with Crippen LogP contribution in [0, 0.1) is 11.8 Å². The third-order valence-electron chi connectivity index (χ3n) is 5.71. The second-order valence-corrected chi connectivity index (χ2v) is 7.07. The van der Waals surface area contributed by atoms with Crippen LogP contribution in [0.15, 0.2) is 54.6 Å². The van der Waals surface area contributed by atoms with Gasteiger partial charge < -0.3 is 14.7 Å². The molecule has 3 heterocycles. The molecular weight excluding hydrogens is 318 g/mol. The number of benzene rings is 2. The third kappa shape index (κ3) is 1.93. The minimum absolute atomic E-state index is 0.118. The SMILES string of the molecule is O=C(O)[C@@H]1[C@@H]2C=C[C@@]3(CN(Cc4cccc5ccccc45)C(=O)[C@@H]13)O2. The molecule has 5 heteroatoms. The molecule has 2 bridgehead atoms. The van der Waals surface area contributed by atoms with Gasteiger partial charge in [0.15, 0.2) is 0 Å². The summed E-state index contributed by atoms with van der Waals surface area (Å²) in [6, 6.07) is 14.1. The number of hydrogen-bond acceptors (Lipinski definition) is 3. The fourth-order valence-electron chi connectivity index (χ4n) is 4.63. The summed E-state index contributed by atoms with van der Waals surface area (Å²) in [5.74, 6) is -2.47. The van der Waals surface area contributed by atoms with Crippen molar-refractivity contribution >= 4 is 22.6 Å². The minimum Gasteiger partial charge on any atom is -0.481 e. The maximum Gasteiger partial charge on any atom is 0.310 e. The maximum absolute atomic E-state index is 13.0. The van der Waals surface area contributed by atoms with Gasteiger partial charge in [0.25, 0.3) is 0 Å². The van der Waals surface area contributed by atoms with Gasteiger partial charge in [-0.2, -0.15) is 0 Å². The molecule has 5 nitrogen and oxygen atoms in total. The fourth-order valence-corrected chi connectivity index (χ4v) is 4.63. The van der Waals surface area contributed by atoms with E-state index in [1.165, 1.54) is 0 Å². The molecule has 2 aromatic carbocycles. The van der Waals surface area contributed by atoms with Crippen molar-refractivity contribution in [2.75, 3.05) is 6.54 Å². The lowest BCUT2D eigenvalue weighted by molar-refractivity contribution is -0.148. The fraction of sp³-hybridized carbons (Fsp3) is 0.300. The van der Waals surface area contributed by atoms with Gasteiger partial charge in [-0.15, -0.1) is 0 Å². The van der Waals surface area contributed by atoms with Crippen LogP contribution >= 0.6 is 0 Å². The molecule has 2 fully saturated rings. The molecule has 1 amide bonds. The van der Waals surface area contributed by atoms with Crippen LogP contribution in [-0.4, -0.2) is 40.1 Å². The summed E-state index contributed by atoms with van der Waals surface area (Å²) in [7, 11) is 0. The summed E-state index contributed by atoms with van der Waals surface area (Å²) in [6.45, 7) is 0.878. The van der Waals surface area contributed by atoms with Crippen LogP contribution in [-0.2, 0) is 20.9 Å². The first-order valence-corrected chi connectivity index (χ1v) is 8.44. The van der Waals surface area contributed by atoms with Crippen LogP contribution in [0.25, 0.3) is 10.8 Å². The summed E-state index contributed by atoms with van der Waals surface area (Å²) >= 11 is 0. The van der Waals surface area contributed by atoms with E-state index in [9.17, 15) is 14.7 Å². The van der Waals surface area contributed by atoms with Gasteiger partial charge in [-0.3, -0.25) is 9.59 Å². The smallest absolute Gasteiger partial charge is 0.310 e. The predicted octanol–water partition coefficient (Wildman–Crippen LogP) is 2.21.